The van der Waals surface area contributed by atoms with Crippen molar-refractivity contribution in [3.05, 3.63) is 118 Å². The zero-order valence-electron chi connectivity index (χ0n) is 19.8. The number of carbonyl (C=O) groups is 2. The number of amides is 1. The van der Waals surface area contributed by atoms with Crippen molar-refractivity contribution in [2.24, 2.45) is 0 Å². The number of aliphatic hydroxyl groups excluding tert-OH is 1. The van der Waals surface area contributed by atoms with E-state index in [2.05, 4.69) is 4.98 Å². The number of anilines is 1. The van der Waals surface area contributed by atoms with Gasteiger partial charge in [0, 0.05) is 17.1 Å². The zero-order chi connectivity index (χ0) is 25.2. The van der Waals surface area contributed by atoms with E-state index in [1.54, 1.807) is 23.7 Å². The minimum Gasteiger partial charge on any atom is -0.507 e. The van der Waals surface area contributed by atoms with Crippen LogP contribution in [0.25, 0.3) is 5.76 Å². The monoisotopic (exact) mass is 496 g/mol. The zero-order valence-corrected chi connectivity index (χ0v) is 20.7. The van der Waals surface area contributed by atoms with Gasteiger partial charge in [-0.2, -0.15) is 0 Å². The Hall–Kier alpha value is -4.23. The second kappa shape index (κ2) is 9.79. The van der Waals surface area contributed by atoms with Crippen molar-refractivity contribution in [3.8, 4) is 5.75 Å². The number of ketones is 1. The number of rotatable bonds is 6. The van der Waals surface area contributed by atoms with Crippen LogP contribution in [0.1, 0.15) is 33.9 Å². The largest absolute Gasteiger partial charge is 0.507 e. The fraction of sp³-hybridized carbons (Fsp3) is 0.138. The third-order valence-electron chi connectivity index (χ3n) is 6.16. The number of carbonyl (C=O) groups excluding carboxylic acids is 2. The predicted octanol–water partition coefficient (Wildman–Crippen LogP) is 5.97. The van der Waals surface area contributed by atoms with E-state index in [1.807, 2.05) is 74.5 Å². The quantitative estimate of drug-likeness (QED) is 0.202. The number of Topliss-reactive ketones (excluding diaryl/α,β-unsaturated/α-hetero) is 1. The predicted molar refractivity (Wildman–Crippen MR) is 140 cm³/mol. The van der Waals surface area contributed by atoms with Gasteiger partial charge in [0.1, 0.15) is 18.1 Å². The SMILES string of the molecule is Cc1ccc(C)c(/C(O)=C2\C(=O)C(=O)N(c3nccs3)C2c2ccc(OCc3ccccc3)cc2)c1. The molecule has 0 saturated carbocycles. The fourth-order valence-electron chi connectivity index (χ4n) is 4.30. The van der Waals surface area contributed by atoms with E-state index >= 15 is 0 Å². The Morgan fingerprint density at radius 3 is 2.47 bits per heavy atom. The molecule has 36 heavy (non-hydrogen) atoms. The molecule has 1 aliphatic heterocycles. The molecule has 6 nitrogen and oxygen atoms in total. The van der Waals surface area contributed by atoms with Crippen molar-refractivity contribution in [1.29, 1.82) is 0 Å². The molecular formula is C29H24N2O4S. The molecule has 0 spiro atoms. The van der Waals surface area contributed by atoms with Crippen LogP contribution < -0.4 is 9.64 Å². The Kier molecular flexibility index (Phi) is 6.40. The van der Waals surface area contributed by atoms with Crippen LogP contribution in [-0.4, -0.2) is 21.8 Å². The molecule has 1 aliphatic rings. The molecule has 180 valence electrons. The Morgan fingerprint density at radius 1 is 1.03 bits per heavy atom. The number of aryl methyl sites for hydroxylation is 2. The van der Waals surface area contributed by atoms with E-state index in [9.17, 15) is 14.7 Å². The Bertz CT molecular complexity index is 1440. The highest BCUT2D eigenvalue weighted by Gasteiger charge is 2.48. The van der Waals surface area contributed by atoms with Gasteiger partial charge in [-0.15, -0.1) is 11.3 Å². The number of ether oxygens (including phenoxy) is 1. The third-order valence-corrected chi connectivity index (χ3v) is 6.93. The highest BCUT2D eigenvalue weighted by atomic mass is 32.1. The van der Waals surface area contributed by atoms with Gasteiger partial charge in [-0.05, 0) is 48.7 Å². The highest BCUT2D eigenvalue weighted by molar-refractivity contribution is 7.14. The average molecular weight is 497 g/mol. The first-order valence-electron chi connectivity index (χ1n) is 11.5. The van der Waals surface area contributed by atoms with Gasteiger partial charge in [-0.1, -0.05) is 60.2 Å². The second-order valence-corrected chi connectivity index (χ2v) is 9.52. The van der Waals surface area contributed by atoms with Crippen LogP contribution >= 0.6 is 11.3 Å². The number of aromatic nitrogens is 1. The average Bonchev–Trinajstić information content (AvgIpc) is 3.51. The maximum atomic E-state index is 13.3. The van der Waals surface area contributed by atoms with Gasteiger partial charge >= 0.3 is 5.91 Å². The first-order valence-corrected chi connectivity index (χ1v) is 12.4. The number of aliphatic hydroxyl groups is 1. The number of hydrogen-bond acceptors (Lipinski definition) is 6. The number of nitrogens with zero attached hydrogens (tertiary/aromatic N) is 2. The molecule has 0 aliphatic carbocycles. The topological polar surface area (TPSA) is 79.7 Å². The molecule has 1 fully saturated rings. The molecule has 7 heteroatoms. The second-order valence-electron chi connectivity index (χ2n) is 8.65. The van der Waals surface area contributed by atoms with Crippen LogP contribution in [0.2, 0.25) is 0 Å². The number of benzene rings is 3. The lowest BCUT2D eigenvalue weighted by atomic mass is 9.93. The van der Waals surface area contributed by atoms with Crippen molar-refractivity contribution in [1.82, 2.24) is 4.98 Å². The summed E-state index contributed by atoms with van der Waals surface area (Å²) in [6.07, 6.45) is 1.58. The lowest BCUT2D eigenvalue weighted by Gasteiger charge is -2.23. The minimum atomic E-state index is -0.820. The maximum absolute atomic E-state index is 13.3. The van der Waals surface area contributed by atoms with E-state index in [4.69, 9.17) is 4.74 Å². The molecule has 0 bridgehead atoms. The van der Waals surface area contributed by atoms with E-state index in [1.165, 1.54) is 16.2 Å². The van der Waals surface area contributed by atoms with Crippen LogP contribution in [0, 0.1) is 13.8 Å². The van der Waals surface area contributed by atoms with Crippen molar-refractivity contribution in [2.45, 2.75) is 26.5 Å². The Morgan fingerprint density at radius 2 is 1.78 bits per heavy atom. The molecule has 4 aromatic rings. The molecule has 1 N–H and O–H groups in total. The molecule has 3 aromatic carbocycles. The molecule has 1 saturated heterocycles. The summed E-state index contributed by atoms with van der Waals surface area (Å²) in [5, 5.41) is 13.5. The van der Waals surface area contributed by atoms with Gasteiger partial charge in [0.2, 0.25) is 0 Å². The normalized spacial score (nSPS) is 16.9. The summed E-state index contributed by atoms with van der Waals surface area (Å²) in [5.74, 6) is -0.990. The summed E-state index contributed by atoms with van der Waals surface area (Å²) in [6.45, 7) is 4.19. The Labute approximate surface area is 213 Å². The van der Waals surface area contributed by atoms with Crippen molar-refractivity contribution in [3.63, 3.8) is 0 Å². The van der Waals surface area contributed by atoms with Crippen molar-refractivity contribution >= 4 is 33.9 Å². The van der Waals surface area contributed by atoms with Gasteiger partial charge in [0.15, 0.2) is 5.13 Å². The van der Waals surface area contributed by atoms with Gasteiger partial charge in [0.25, 0.3) is 5.78 Å². The van der Waals surface area contributed by atoms with Crippen LogP contribution in [0.5, 0.6) is 5.75 Å². The number of thiazole rings is 1. The lowest BCUT2D eigenvalue weighted by Crippen LogP contribution is -2.29. The summed E-state index contributed by atoms with van der Waals surface area (Å²) in [5.41, 5.74) is 4.03. The summed E-state index contributed by atoms with van der Waals surface area (Å²) < 4.78 is 5.90. The highest BCUT2D eigenvalue weighted by Crippen LogP contribution is 2.43. The minimum absolute atomic E-state index is 0.0434. The van der Waals surface area contributed by atoms with Crippen LogP contribution in [-0.2, 0) is 16.2 Å². The van der Waals surface area contributed by atoms with Crippen molar-refractivity contribution in [2.75, 3.05) is 4.90 Å². The molecular weight excluding hydrogens is 472 g/mol. The molecule has 1 aromatic heterocycles. The van der Waals surface area contributed by atoms with Crippen LogP contribution in [0.15, 0.2) is 89.9 Å². The summed E-state index contributed by atoms with van der Waals surface area (Å²) in [6, 6.07) is 21.9. The van der Waals surface area contributed by atoms with Crippen LogP contribution in [0.3, 0.4) is 0 Å². The summed E-state index contributed by atoms with van der Waals surface area (Å²) in [4.78, 5) is 32.1. The number of hydrogen-bond donors (Lipinski definition) is 1. The molecule has 1 atom stereocenters. The summed E-state index contributed by atoms with van der Waals surface area (Å²) >= 11 is 1.26. The molecule has 0 radical (unpaired) electrons. The lowest BCUT2D eigenvalue weighted by molar-refractivity contribution is -0.132. The van der Waals surface area contributed by atoms with Gasteiger partial charge in [-0.25, -0.2) is 4.98 Å². The van der Waals surface area contributed by atoms with E-state index in [-0.39, 0.29) is 11.3 Å². The smallest absolute Gasteiger partial charge is 0.301 e. The first-order chi connectivity index (χ1) is 17.4. The van der Waals surface area contributed by atoms with Gasteiger partial charge < -0.3 is 9.84 Å². The van der Waals surface area contributed by atoms with Gasteiger partial charge in [0.05, 0.1) is 11.6 Å². The van der Waals surface area contributed by atoms with E-state index < -0.39 is 17.7 Å². The summed E-state index contributed by atoms with van der Waals surface area (Å²) in [7, 11) is 0. The molecule has 1 unspecified atom stereocenters. The Balaban J connectivity index is 1.56. The molecule has 2 heterocycles. The molecule has 1 amide bonds. The molecule has 5 rings (SSSR count). The van der Waals surface area contributed by atoms with E-state index in [0.29, 0.717) is 28.6 Å². The fourth-order valence-corrected chi connectivity index (χ4v) is 4.97. The first kappa shape index (κ1) is 23.5. The van der Waals surface area contributed by atoms with Crippen molar-refractivity contribution < 1.29 is 19.4 Å². The third kappa shape index (κ3) is 4.41. The maximum Gasteiger partial charge on any atom is 0.301 e. The van der Waals surface area contributed by atoms with Crippen LogP contribution in [0.4, 0.5) is 5.13 Å². The van der Waals surface area contributed by atoms with E-state index in [0.717, 1.165) is 16.7 Å². The van der Waals surface area contributed by atoms with Gasteiger partial charge in [-0.3, -0.25) is 14.5 Å². The standard InChI is InChI=1S/C29H24N2O4S/c1-18-8-9-19(2)23(16-18)26(32)24-25(31(28(34)27(24)33)29-30-14-15-36-29)21-10-12-22(13-11-21)35-17-20-6-4-3-5-7-20/h3-16,25,32H,17H2,1-2H3/b26-24+.